The highest BCUT2D eigenvalue weighted by atomic mass is 32.2. The average Bonchev–Trinajstić information content (AvgIpc) is 2.36. The lowest BCUT2D eigenvalue weighted by Gasteiger charge is -2.13. The molecule has 0 saturated carbocycles. The molecule has 0 aliphatic carbocycles. The van der Waals surface area contributed by atoms with Gasteiger partial charge in [-0.15, -0.1) is 0 Å². The summed E-state index contributed by atoms with van der Waals surface area (Å²) in [5.41, 5.74) is 5.08. The molecule has 2 aromatic rings. The molecule has 0 fully saturated rings. The van der Waals surface area contributed by atoms with Gasteiger partial charge < -0.3 is 11.1 Å². The summed E-state index contributed by atoms with van der Waals surface area (Å²) in [5.74, 6) is -3.63. The standard InChI is InChI=1S/C13H11F3N2O2S/c1-21(19,20)11-4-2-3-9(13(11)17)18-10-6-7(14)5-8(15)12(10)16/h2-6,18H,17H2,1H3. The van der Waals surface area contributed by atoms with E-state index in [-0.39, 0.29) is 16.3 Å². The minimum absolute atomic E-state index is 0.0295. The van der Waals surface area contributed by atoms with E-state index in [1.54, 1.807) is 0 Å². The Morgan fingerprint density at radius 3 is 2.38 bits per heavy atom. The van der Waals surface area contributed by atoms with Gasteiger partial charge in [0, 0.05) is 18.4 Å². The summed E-state index contributed by atoms with van der Waals surface area (Å²) in [6, 6.07) is 5.16. The van der Waals surface area contributed by atoms with Gasteiger partial charge in [0.2, 0.25) is 0 Å². The van der Waals surface area contributed by atoms with E-state index in [4.69, 9.17) is 5.73 Å². The fourth-order valence-corrected chi connectivity index (χ4v) is 2.60. The summed E-state index contributed by atoms with van der Waals surface area (Å²) in [6.45, 7) is 0. The second kappa shape index (κ2) is 5.28. The molecule has 4 nitrogen and oxygen atoms in total. The van der Waals surface area contributed by atoms with E-state index in [0.29, 0.717) is 6.07 Å². The van der Waals surface area contributed by atoms with Crippen LogP contribution in [0.3, 0.4) is 0 Å². The summed E-state index contributed by atoms with van der Waals surface area (Å²) < 4.78 is 62.9. The Hall–Kier alpha value is -2.22. The number of hydrogen-bond acceptors (Lipinski definition) is 4. The van der Waals surface area contributed by atoms with Crippen molar-refractivity contribution in [3.05, 3.63) is 47.8 Å². The molecule has 21 heavy (non-hydrogen) atoms. The highest BCUT2D eigenvalue weighted by Gasteiger charge is 2.16. The Kier molecular flexibility index (Phi) is 3.82. The van der Waals surface area contributed by atoms with Crippen molar-refractivity contribution < 1.29 is 21.6 Å². The smallest absolute Gasteiger partial charge is 0.182 e. The molecule has 0 aliphatic rings. The van der Waals surface area contributed by atoms with Gasteiger partial charge in [0.1, 0.15) is 5.82 Å². The second-order valence-electron chi connectivity index (χ2n) is 4.36. The Morgan fingerprint density at radius 2 is 1.76 bits per heavy atom. The van der Waals surface area contributed by atoms with E-state index in [1.165, 1.54) is 18.2 Å². The average molecular weight is 316 g/mol. The predicted octanol–water partition coefficient (Wildman–Crippen LogP) is 2.83. The van der Waals surface area contributed by atoms with Gasteiger partial charge in [0.05, 0.1) is 22.0 Å². The molecule has 8 heteroatoms. The number of halogens is 3. The predicted molar refractivity (Wildman–Crippen MR) is 73.6 cm³/mol. The lowest BCUT2D eigenvalue weighted by molar-refractivity contribution is 0.498. The van der Waals surface area contributed by atoms with Gasteiger partial charge in [0.15, 0.2) is 21.5 Å². The zero-order valence-corrected chi connectivity index (χ0v) is 11.6. The molecule has 0 heterocycles. The first-order chi connectivity index (χ1) is 9.70. The molecular weight excluding hydrogens is 305 g/mol. The molecule has 2 aromatic carbocycles. The molecule has 0 atom stereocenters. The van der Waals surface area contributed by atoms with Crippen LogP contribution in [-0.2, 0) is 9.84 Å². The van der Waals surface area contributed by atoms with Crippen LogP contribution in [0.25, 0.3) is 0 Å². The second-order valence-corrected chi connectivity index (χ2v) is 6.35. The van der Waals surface area contributed by atoms with Crippen LogP contribution >= 0.6 is 0 Å². The third-order valence-corrected chi connectivity index (χ3v) is 3.88. The fraction of sp³-hybridized carbons (Fsp3) is 0.0769. The normalized spacial score (nSPS) is 11.4. The van der Waals surface area contributed by atoms with Gasteiger partial charge in [-0.3, -0.25) is 0 Å². The van der Waals surface area contributed by atoms with E-state index in [2.05, 4.69) is 5.32 Å². The van der Waals surface area contributed by atoms with E-state index in [0.717, 1.165) is 12.3 Å². The largest absolute Gasteiger partial charge is 0.396 e. The van der Waals surface area contributed by atoms with E-state index >= 15 is 0 Å². The lowest BCUT2D eigenvalue weighted by Crippen LogP contribution is -2.06. The summed E-state index contributed by atoms with van der Waals surface area (Å²) >= 11 is 0. The Balaban J connectivity index is 2.51. The van der Waals surface area contributed by atoms with Crippen molar-refractivity contribution in [3.8, 4) is 0 Å². The Labute approximate surface area is 119 Å². The quantitative estimate of drug-likeness (QED) is 0.675. The SMILES string of the molecule is CS(=O)(=O)c1cccc(Nc2cc(F)cc(F)c2F)c1N. The number of para-hydroxylation sites is 1. The number of nitrogen functional groups attached to an aromatic ring is 1. The first kappa shape index (κ1) is 15.2. The lowest BCUT2D eigenvalue weighted by atomic mass is 10.2. The maximum absolute atomic E-state index is 13.6. The molecule has 0 aliphatic heterocycles. The monoisotopic (exact) mass is 316 g/mol. The number of sulfone groups is 1. The zero-order chi connectivity index (χ0) is 15.8. The van der Waals surface area contributed by atoms with Crippen LogP contribution in [0.4, 0.5) is 30.2 Å². The minimum Gasteiger partial charge on any atom is -0.396 e. The summed E-state index contributed by atoms with van der Waals surface area (Å²) in [4.78, 5) is -0.162. The molecule has 3 N–H and O–H groups in total. The van der Waals surface area contributed by atoms with Gasteiger partial charge in [-0.25, -0.2) is 21.6 Å². The number of nitrogens with two attached hydrogens (primary N) is 1. The van der Waals surface area contributed by atoms with Gasteiger partial charge in [-0.05, 0) is 12.1 Å². The number of hydrogen-bond donors (Lipinski definition) is 2. The van der Waals surface area contributed by atoms with Crippen LogP contribution < -0.4 is 11.1 Å². The Morgan fingerprint density at radius 1 is 1.10 bits per heavy atom. The van der Waals surface area contributed by atoms with Crippen molar-refractivity contribution in [1.82, 2.24) is 0 Å². The van der Waals surface area contributed by atoms with Crippen molar-refractivity contribution in [3.63, 3.8) is 0 Å². The molecule has 0 amide bonds. The molecule has 0 spiro atoms. The summed E-state index contributed by atoms with van der Waals surface area (Å²) in [5, 5.41) is 2.39. The Bertz CT molecular complexity index is 807. The highest BCUT2D eigenvalue weighted by Crippen LogP contribution is 2.31. The van der Waals surface area contributed by atoms with Crippen LogP contribution in [0.15, 0.2) is 35.2 Å². The van der Waals surface area contributed by atoms with Crippen LogP contribution in [0.2, 0.25) is 0 Å². The highest BCUT2D eigenvalue weighted by molar-refractivity contribution is 7.90. The molecule has 0 radical (unpaired) electrons. The third-order valence-electron chi connectivity index (χ3n) is 2.73. The van der Waals surface area contributed by atoms with E-state index in [9.17, 15) is 21.6 Å². The minimum atomic E-state index is -3.58. The van der Waals surface area contributed by atoms with Crippen LogP contribution in [0.5, 0.6) is 0 Å². The number of nitrogens with one attached hydrogen (secondary N) is 1. The number of anilines is 3. The van der Waals surface area contributed by atoms with E-state index < -0.39 is 33.0 Å². The van der Waals surface area contributed by atoms with Gasteiger partial charge in [0.25, 0.3) is 0 Å². The van der Waals surface area contributed by atoms with Crippen molar-refractivity contribution in [2.24, 2.45) is 0 Å². The maximum Gasteiger partial charge on any atom is 0.182 e. The topological polar surface area (TPSA) is 72.2 Å². The third kappa shape index (κ3) is 3.10. The van der Waals surface area contributed by atoms with Crippen molar-refractivity contribution in [1.29, 1.82) is 0 Å². The molecule has 2 rings (SSSR count). The fourth-order valence-electron chi connectivity index (χ4n) is 1.77. The van der Waals surface area contributed by atoms with Crippen LogP contribution in [0, 0.1) is 17.5 Å². The first-order valence-corrected chi connectivity index (χ1v) is 7.59. The van der Waals surface area contributed by atoms with E-state index in [1.807, 2.05) is 0 Å². The zero-order valence-electron chi connectivity index (χ0n) is 10.8. The summed E-state index contributed by atoms with van der Waals surface area (Å²) in [7, 11) is -3.58. The molecular formula is C13H11F3N2O2S. The van der Waals surface area contributed by atoms with Crippen LogP contribution in [-0.4, -0.2) is 14.7 Å². The maximum atomic E-state index is 13.6. The number of benzene rings is 2. The molecule has 0 unspecified atom stereocenters. The van der Waals surface area contributed by atoms with Crippen molar-refractivity contribution >= 4 is 26.9 Å². The molecule has 112 valence electrons. The number of rotatable bonds is 3. The van der Waals surface area contributed by atoms with Crippen LogP contribution in [0.1, 0.15) is 0 Å². The van der Waals surface area contributed by atoms with Gasteiger partial charge in [-0.2, -0.15) is 0 Å². The van der Waals surface area contributed by atoms with Crippen molar-refractivity contribution in [2.75, 3.05) is 17.3 Å². The van der Waals surface area contributed by atoms with Crippen molar-refractivity contribution in [2.45, 2.75) is 4.90 Å². The summed E-state index contributed by atoms with van der Waals surface area (Å²) in [6.07, 6.45) is 0.963. The molecule has 0 bridgehead atoms. The van der Waals surface area contributed by atoms with Gasteiger partial charge >= 0.3 is 0 Å². The van der Waals surface area contributed by atoms with Gasteiger partial charge in [-0.1, -0.05) is 6.07 Å². The first-order valence-electron chi connectivity index (χ1n) is 5.70. The molecule has 0 saturated heterocycles. The molecule has 0 aromatic heterocycles.